The molecule has 0 aromatic carbocycles. The minimum absolute atomic E-state index is 0. The monoisotopic (exact) mass is 234 g/mol. The molecule has 14 heavy (non-hydrogen) atoms. The number of nitrogens with one attached hydrogen (secondary N) is 1. The molecular formula is C9H12Cl2N2O. The zero-order valence-electron chi connectivity index (χ0n) is 7.79. The number of aromatic nitrogens is 1. The van der Waals surface area contributed by atoms with Gasteiger partial charge in [-0.15, -0.1) is 12.4 Å². The van der Waals surface area contributed by atoms with Crippen molar-refractivity contribution in [1.29, 1.82) is 0 Å². The lowest BCUT2D eigenvalue weighted by atomic mass is 10.3. The van der Waals surface area contributed by atoms with E-state index in [4.69, 9.17) is 11.6 Å². The molecule has 0 unspecified atom stereocenters. The van der Waals surface area contributed by atoms with Crippen molar-refractivity contribution >= 4 is 29.8 Å². The van der Waals surface area contributed by atoms with Gasteiger partial charge in [0.1, 0.15) is 12.2 Å². The Morgan fingerprint density at radius 3 is 2.86 bits per heavy atom. The topological polar surface area (TPSA) is 39.0 Å². The second-order valence-electron chi connectivity index (χ2n) is 2.66. The number of hydrogen-bond acceptors (Lipinski definition) is 2. The first kappa shape index (κ1) is 13.1. The molecule has 1 rings (SSSR count). The van der Waals surface area contributed by atoms with Gasteiger partial charge in [0.15, 0.2) is 0 Å². The molecule has 1 heterocycles. The van der Waals surface area contributed by atoms with E-state index in [1.165, 1.54) is 0 Å². The molecule has 3 nitrogen and oxygen atoms in total. The Labute approximate surface area is 94.4 Å². The van der Waals surface area contributed by atoms with Crippen LogP contribution in [0.4, 0.5) is 5.82 Å². The first-order chi connectivity index (χ1) is 6.15. The Balaban J connectivity index is 0.00000169. The third-order valence-electron chi connectivity index (χ3n) is 1.59. The quantitative estimate of drug-likeness (QED) is 0.496. The predicted molar refractivity (Wildman–Crippen MR) is 61.1 cm³/mol. The summed E-state index contributed by atoms with van der Waals surface area (Å²) in [5.41, 5.74) is 0.569. The molecule has 0 amide bonds. The molecular weight excluding hydrogens is 223 g/mol. The van der Waals surface area contributed by atoms with Crippen molar-refractivity contribution in [3.05, 3.63) is 40.7 Å². The smallest absolute Gasteiger partial charge is 0.279 e. The van der Waals surface area contributed by atoms with E-state index in [1.54, 1.807) is 25.1 Å². The first-order valence-electron chi connectivity index (χ1n) is 3.89. The molecule has 0 fully saturated rings. The van der Waals surface area contributed by atoms with Gasteiger partial charge in [-0.1, -0.05) is 24.3 Å². The largest absolute Gasteiger partial charge is 0.710 e. The standard InChI is InChI=1S/C9H11ClN2O.ClH/c1-3-4-11-9-6-8(10)5-7(2)12(9)13;/h3,5-6,11H,1,4H2,2H3;1H. The zero-order valence-corrected chi connectivity index (χ0v) is 9.36. The van der Waals surface area contributed by atoms with Crippen LogP contribution < -0.4 is 10.0 Å². The van der Waals surface area contributed by atoms with Crippen LogP contribution >= 0.6 is 24.0 Å². The predicted octanol–water partition coefficient (Wildman–Crippen LogP) is 2.30. The van der Waals surface area contributed by atoms with Crippen molar-refractivity contribution in [3.63, 3.8) is 0 Å². The van der Waals surface area contributed by atoms with Crippen molar-refractivity contribution in [3.8, 4) is 0 Å². The highest BCUT2D eigenvalue weighted by atomic mass is 35.5. The van der Waals surface area contributed by atoms with E-state index in [1.807, 2.05) is 0 Å². The Morgan fingerprint density at radius 1 is 1.64 bits per heavy atom. The fraction of sp³-hybridized carbons (Fsp3) is 0.222. The van der Waals surface area contributed by atoms with Gasteiger partial charge >= 0.3 is 0 Å². The minimum Gasteiger partial charge on any atom is -0.710 e. The van der Waals surface area contributed by atoms with Crippen LogP contribution in [-0.2, 0) is 0 Å². The van der Waals surface area contributed by atoms with Crippen LogP contribution in [0.1, 0.15) is 5.69 Å². The highest BCUT2D eigenvalue weighted by Gasteiger charge is 2.05. The molecule has 0 saturated heterocycles. The molecule has 0 bridgehead atoms. The maximum Gasteiger partial charge on any atom is 0.279 e. The van der Waals surface area contributed by atoms with E-state index in [0.29, 0.717) is 23.1 Å². The normalized spacial score (nSPS) is 9.00. The third-order valence-corrected chi connectivity index (χ3v) is 1.81. The van der Waals surface area contributed by atoms with E-state index in [9.17, 15) is 5.21 Å². The Bertz CT molecular complexity index is 329. The minimum atomic E-state index is 0. The average Bonchev–Trinajstić information content (AvgIpc) is 2.09. The fourth-order valence-corrected chi connectivity index (χ4v) is 1.24. The van der Waals surface area contributed by atoms with Gasteiger partial charge in [0.2, 0.25) is 0 Å². The van der Waals surface area contributed by atoms with Crippen LogP contribution in [0, 0.1) is 12.1 Å². The summed E-state index contributed by atoms with van der Waals surface area (Å²) in [6.07, 6.45) is 1.68. The van der Waals surface area contributed by atoms with Gasteiger partial charge in [-0.3, -0.25) is 5.32 Å². The maximum absolute atomic E-state index is 11.4. The van der Waals surface area contributed by atoms with Crippen LogP contribution in [0.5, 0.6) is 0 Å². The number of rotatable bonds is 3. The van der Waals surface area contributed by atoms with E-state index < -0.39 is 0 Å². The lowest BCUT2D eigenvalue weighted by Crippen LogP contribution is -2.34. The van der Waals surface area contributed by atoms with Crippen LogP contribution in [0.25, 0.3) is 0 Å². The zero-order chi connectivity index (χ0) is 9.84. The highest BCUT2D eigenvalue weighted by Crippen LogP contribution is 2.12. The summed E-state index contributed by atoms with van der Waals surface area (Å²) in [6, 6.07) is 3.21. The van der Waals surface area contributed by atoms with E-state index in [0.717, 1.165) is 4.73 Å². The molecule has 1 aromatic heterocycles. The van der Waals surface area contributed by atoms with Gasteiger partial charge in [-0.05, 0) is 13.0 Å². The molecule has 0 aliphatic rings. The summed E-state index contributed by atoms with van der Waals surface area (Å²) >= 11 is 5.78. The summed E-state index contributed by atoms with van der Waals surface area (Å²) in [7, 11) is 0. The number of pyridine rings is 1. The summed E-state index contributed by atoms with van der Waals surface area (Å²) in [4.78, 5) is 0. The van der Waals surface area contributed by atoms with E-state index in [-0.39, 0.29) is 12.4 Å². The second kappa shape index (κ2) is 5.73. The highest BCUT2D eigenvalue weighted by molar-refractivity contribution is 6.30. The second-order valence-corrected chi connectivity index (χ2v) is 3.10. The molecule has 0 aliphatic carbocycles. The summed E-state index contributed by atoms with van der Waals surface area (Å²) < 4.78 is 0.801. The van der Waals surface area contributed by atoms with Gasteiger partial charge in [-0.25, -0.2) is 4.73 Å². The van der Waals surface area contributed by atoms with E-state index in [2.05, 4.69) is 11.9 Å². The van der Waals surface area contributed by atoms with Gasteiger partial charge in [-0.2, -0.15) is 0 Å². The molecule has 1 aromatic rings. The Hall–Kier alpha value is -0.930. The molecule has 78 valence electrons. The third kappa shape index (κ3) is 3.09. The van der Waals surface area contributed by atoms with Gasteiger partial charge in [0.05, 0.1) is 5.02 Å². The van der Waals surface area contributed by atoms with Crippen LogP contribution in [-0.4, -0.2) is 6.54 Å². The number of aryl methyl sites for hydroxylation is 1. The SMILES string of the molecule is C=CCNc1cc(Cl)cc(C)[n+]1[O-].Cl. The molecule has 0 saturated carbocycles. The lowest BCUT2D eigenvalue weighted by Gasteiger charge is -2.11. The summed E-state index contributed by atoms with van der Waals surface area (Å²) in [5, 5.41) is 14.8. The molecule has 0 spiro atoms. The van der Waals surface area contributed by atoms with Gasteiger partial charge in [0, 0.05) is 6.07 Å². The summed E-state index contributed by atoms with van der Waals surface area (Å²) in [5.74, 6) is 0.449. The van der Waals surface area contributed by atoms with Crippen LogP contribution in [0.3, 0.4) is 0 Å². The van der Waals surface area contributed by atoms with Crippen molar-refractivity contribution in [1.82, 2.24) is 0 Å². The fourth-order valence-electron chi connectivity index (χ4n) is 0.979. The van der Waals surface area contributed by atoms with Gasteiger partial charge in [0.25, 0.3) is 5.82 Å². The number of hydrogen-bond donors (Lipinski definition) is 1. The number of anilines is 1. The van der Waals surface area contributed by atoms with Crippen molar-refractivity contribution in [2.24, 2.45) is 0 Å². The summed E-state index contributed by atoms with van der Waals surface area (Å²) in [6.45, 7) is 5.79. The number of nitrogens with zero attached hydrogens (tertiary/aromatic N) is 1. The first-order valence-corrected chi connectivity index (χ1v) is 4.27. The van der Waals surface area contributed by atoms with E-state index >= 15 is 0 Å². The van der Waals surface area contributed by atoms with Crippen LogP contribution in [0.15, 0.2) is 24.8 Å². The van der Waals surface area contributed by atoms with Crippen molar-refractivity contribution in [2.75, 3.05) is 11.9 Å². The van der Waals surface area contributed by atoms with Gasteiger partial charge < -0.3 is 5.21 Å². The Kier molecular flexibility index (Phi) is 5.35. The molecule has 0 aliphatic heterocycles. The Morgan fingerprint density at radius 2 is 2.29 bits per heavy atom. The molecule has 1 N–H and O–H groups in total. The lowest BCUT2D eigenvalue weighted by molar-refractivity contribution is -0.597. The van der Waals surface area contributed by atoms with Crippen LogP contribution in [0.2, 0.25) is 5.02 Å². The average molecular weight is 235 g/mol. The molecule has 5 heteroatoms. The van der Waals surface area contributed by atoms with Crippen molar-refractivity contribution < 1.29 is 4.73 Å². The van der Waals surface area contributed by atoms with Crippen molar-refractivity contribution in [2.45, 2.75) is 6.92 Å². The number of halogens is 2. The molecule has 0 atom stereocenters. The molecule has 0 radical (unpaired) electrons. The maximum atomic E-state index is 11.4.